The van der Waals surface area contributed by atoms with Crippen molar-refractivity contribution in [2.24, 2.45) is 5.73 Å². The van der Waals surface area contributed by atoms with Crippen molar-refractivity contribution in [2.45, 2.75) is 44.8 Å². The molecule has 1 aliphatic rings. The van der Waals surface area contributed by atoms with Crippen LogP contribution in [0.1, 0.15) is 32.6 Å². The molecule has 1 rings (SSSR count). The van der Waals surface area contributed by atoms with Gasteiger partial charge in [-0.15, -0.1) is 12.4 Å². The number of rotatable bonds is 5. The highest BCUT2D eigenvalue weighted by atomic mass is 35.5. The zero-order valence-corrected chi connectivity index (χ0v) is 11.0. The van der Waals surface area contributed by atoms with Crippen LogP contribution < -0.4 is 5.73 Å². The molecule has 0 aliphatic carbocycles. The molecule has 0 aromatic carbocycles. The number of halogens is 1. The van der Waals surface area contributed by atoms with Crippen LogP contribution in [0.5, 0.6) is 0 Å². The van der Waals surface area contributed by atoms with E-state index in [1.165, 1.54) is 0 Å². The first-order valence-corrected chi connectivity index (χ1v) is 5.72. The molecule has 0 saturated carbocycles. The molecule has 0 aromatic heterocycles. The predicted molar refractivity (Wildman–Crippen MR) is 66.7 cm³/mol. The lowest BCUT2D eigenvalue weighted by atomic mass is 10.1. The third-order valence-corrected chi connectivity index (χ3v) is 3.10. The summed E-state index contributed by atoms with van der Waals surface area (Å²) in [4.78, 5) is 13.4. The zero-order valence-electron chi connectivity index (χ0n) is 10.1. The number of hydrogen-bond donors (Lipinski definition) is 1. The van der Waals surface area contributed by atoms with Crippen LogP contribution in [0.4, 0.5) is 0 Å². The number of nitrogens with zero attached hydrogens (tertiary/aromatic N) is 1. The molecule has 1 amide bonds. The largest absolute Gasteiger partial charge is 0.378 e. The fourth-order valence-electron chi connectivity index (χ4n) is 1.74. The monoisotopic (exact) mass is 250 g/mol. The van der Waals surface area contributed by atoms with Crippen molar-refractivity contribution in [3.05, 3.63) is 0 Å². The van der Waals surface area contributed by atoms with Crippen molar-refractivity contribution in [3.8, 4) is 0 Å². The van der Waals surface area contributed by atoms with Gasteiger partial charge in [0.1, 0.15) is 0 Å². The van der Waals surface area contributed by atoms with E-state index in [-0.39, 0.29) is 24.4 Å². The Morgan fingerprint density at radius 1 is 1.62 bits per heavy atom. The Balaban J connectivity index is 0.00000225. The molecule has 5 heteroatoms. The third kappa shape index (κ3) is 4.68. The van der Waals surface area contributed by atoms with Crippen molar-refractivity contribution in [3.63, 3.8) is 0 Å². The number of ether oxygens (including phenoxy) is 1. The Labute approximate surface area is 104 Å². The number of nitrogens with two attached hydrogens (primary N) is 1. The molecule has 4 nitrogen and oxygen atoms in total. The summed E-state index contributed by atoms with van der Waals surface area (Å²) in [6.07, 6.45) is 3.96. The first kappa shape index (κ1) is 15.7. The van der Waals surface area contributed by atoms with Gasteiger partial charge in [-0.25, -0.2) is 0 Å². The lowest BCUT2D eigenvalue weighted by Gasteiger charge is -2.24. The highest BCUT2D eigenvalue weighted by molar-refractivity contribution is 5.85. The zero-order chi connectivity index (χ0) is 11.3. The highest BCUT2D eigenvalue weighted by Crippen LogP contribution is 2.17. The summed E-state index contributed by atoms with van der Waals surface area (Å²) < 4.78 is 5.47. The van der Waals surface area contributed by atoms with E-state index in [0.29, 0.717) is 19.1 Å². The second kappa shape index (κ2) is 7.87. The smallest absolute Gasteiger partial charge is 0.222 e. The van der Waals surface area contributed by atoms with Crippen molar-refractivity contribution in [2.75, 3.05) is 20.2 Å². The van der Waals surface area contributed by atoms with Gasteiger partial charge in [0.2, 0.25) is 5.91 Å². The van der Waals surface area contributed by atoms with Gasteiger partial charge in [-0.05, 0) is 26.2 Å². The lowest BCUT2D eigenvalue weighted by molar-refractivity contribution is -0.132. The van der Waals surface area contributed by atoms with E-state index in [4.69, 9.17) is 10.5 Å². The Bertz CT molecular complexity index is 208. The molecule has 1 heterocycles. The molecule has 16 heavy (non-hydrogen) atoms. The minimum Gasteiger partial charge on any atom is -0.378 e. The summed E-state index contributed by atoms with van der Waals surface area (Å²) in [5.74, 6) is 0.170. The molecule has 96 valence electrons. The summed E-state index contributed by atoms with van der Waals surface area (Å²) in [6, 6.07) is 0.127. The number of carbonyl (C=O) groups excluding carboxylic acids is 1. The summed E-state index contributed by atoms with van der Waals surface area (Å²) in [7, 11) is 1.81. The summed E-state index contributed by atoms with van der Waals surface area (Å²) >= 11 is 0. The number of amides is 1. The Kier molecular flexibility index (Phi) is 7.72. The minimum atomic E-state index is 0. The van der Waals surface area contributed by atoms with Crippen LogP contribution in [0.25, 0.3) is 0 Å². The molecule has 0 radical (unpaired) electrons. The average molecular weight is 251 g/mol. The maximum atomic E-state index is 11.7. The van der Waals surface area contributed by atoms with E-state index >= 15 is 0 Å². The van der Waals surface area contributed by atoms with Crippen molar-refractivity contribution >= 4 is 18.3 Å². The predicted octanol–water partition coefficient (Wildman–Crippen LogP) is 1.17. The van der Waals surface area contributed by atoms with Gasteiger partial charge in [-0.3, -0.25) is 4.79 Å². The maximum absolute atomic E-state index is 11.7. The van der Waals surface area contributed by atoms with Crippen LogP contribution in [0.2, 0.25) is 0 Å². The second-order valence-electron chi connectivity index (χ2n) is 4.26. The normalized spacial score (nSPS) is 21.3. The van der Waals surface area contributed by atoms with Crippen LogP contribution in [0, 0.1) is 0 Å². The van der Waals surface area contributed by atoms with Crippen molar-refractivity contribution < 1.29 is 9.53 Å². The Hall–Kier alpha value is -0.320. The van der Waals surface area contributed by atoms with Gasteiger partial charge in [0.15, 0.2) is 0 Å². The first-order valence-electron chi connectivity index (χ1n) is 5.72. The maximum Gasteiger partial charge on any atom is 0.222 e. The third-order valence-electron chi connectivity index (χ3n) is 3.10. The number of hydrogen-bond acceptors (Lipinski definition) is 3. The number of likely N-dealkylation sites (N-methyl/N-ethyl adjacent to an activating group) is 1. The summed E-state index contributed by atoms with van der Waals surface area (Å²) in [5.41, 5.74) is 5.51. The van der Waals surface area contributed by atoms with E-state index < -0.39 is 0 Å². The van der Waals surface area contributed by atoms with Gasteiger partial charge >= 0.3 is 0 Å². The first-order chi connectivity index (χ1) is 7.15. The lowest BCUT2D eigenvalue weighted by Crippen LogP contribution is -2.39. The van der Waals surface area contributed by atoms with Crippen LogP contribution in [-0.2, 0) is 9.53 Å². The van der Waals surface area contributed by atoms with E-state index in [1.807, 2.05) is 14.0 Å². The van der Waals surface area contributed by atoms with Crippen molar-refractivity contribution in [1.82, 2.24) is 4.90 Å². The Morgan fingerprint density at radius 3 is 2.81 bits per heavy atom. The van der Waals surface area contributed by atoms with Crippen LogP contribution in [0.15, 0.2) is 0 Å². The molecule has 2 atom stereocenters. The van der Waals surface area contributed by atoms with Crippen molar-refractivity contribution in [1.29, 1.82) is 0 Å². The average Bonchev–Trinajstić information content (AvgIpc) is 2.76. The summed E-state index contributed by atoms with van der Waals surface area (Å²) in [5, 5.41) is 0. The Morgan fingerprint density at radius 2 is 2.31 bits per heavy atom. The molecule has 2 N–H and O–H groups in total. The fraction of sp³-hybridized carbons (Fsp3) is 0.909. The summed E-state index contributed by atoms with van der Waals surface area (Å²) in [6.45, 7) is 3.33. The molecule has 0 spiro atoms. The molecule has 2 unspecified atom stereocenters. The minimum absolute atomic E-state index is 0. The van der Waals surface area contributed by atoms with Gasteiger partial charge in [0.25, 0.3) is 0 Å². The van der Waals surface area contributed by atoms with Gasteiger partial charge in [-0.1, -0.05) is 0 Å². The number of carbonyl (C=O) groups is 1. The molecular weight excluding hydrogens is 228 g/mol. The SMILES string of the molecule is CC(CN)N(C)C(=O)CCC1CCCO1.Cl. The molecule has 0 aromatic rings. The standard InChI is InChI=1S/C11H22N2O2.ClH/c1-9(8-12)13(2)11(14)6-5-10-4-3-7-15-10;/h9-10H,3-8,12H2,1-2H3;1H. The quantitative estimate of drug-likeness (QED) is 0.797. The van der Waals surface area contributed by atoms with Crippen LogP contribution >= 0.6 is 12.4 Å². The van der Waals surface area contributed by atoms with Crippen LogP contribution in [0.3, 0.4) is 0 Å². The fourth-order valence-corrected chi connectivity index (χ4v) is 1.74. The van der Waals surface area contributed by atoms with Gasteiger partial charge < -0.3 is 15.4 Å². The molecular formula is C11H23ClN2O2. The molecule has 0 bridgehead atoms. The van der Waals surface area contributed by atoms with Gasteiger partial charge in [-0.2, -0.15) is 0 Å². The molecule has 1 saturated heterocycles. The molecule has 1 fully saturated rings. The molecule has 1 aliphatic heterocycles. The second-order valence-corrected chi connectivity index (χ2v) is 4.26. The topological polar surface area (TPSA) is 55.6 Å². The highest BCUT2D eigenvalue weighted by Gasteiger charge is 2.19. The van der Waals surface area contributed by atoms with E-state index in [9.17, 15) is 4.79 Å². The van der Waals surface area contributed by atoms with Gasteiger partial charge in [0.05, 0.1) is 6.10 Å². The van der Waals surface area contributed by atoms with E-state index in [2.05, 4.69) is 0 Å². The van der Waals surface area contributed by atoms with E-state index in [0.717, 1.165) is 25.9 Å². The van der Waals surface area contributed by atoms with E-state index in [1.54, 1.807) is 4.90 Å². The van der Waals surface area contributed by atoms with Gasteiger partial charge in [0, 0.05) is 32.7 Å². The van der Waals surface area contributed by atoms with Crippen LogP contribution in [-0.4, -0.2) is 43.2 Å².